The minimum atomic E-state index is -2.97. The predicted molar refractivity (Wildman–Crippen MR) is 42.6 cm³/mol. The molecule has 1 aliphatic heterocycles. The first-order valence-electron chi connectivity index (χ1n) is 2.87. The van der Waals surface area contributed by atoms with Gasteiger partial charge in [0.1, 0.15) is 0 Å². The lowest BCUT2D eigenvalue weighted by Crippen LogP contribution is -2.26. The van der Waals surface area contributed by atoms with Gasteiger partial charge >= 0.3 is 0 Å². The summed E-state index contributed by atoms with van der Waals surface area (Å²) in [7, 11) is -2.97. The van der Waals surface area contributed by atoms with E-state index in [0.29, 0.717) is 0 Å². The fraction of sp³-hybridized carbons (Fsp3) is 1.00. The van der Waals surface area contributed by atoms with Gasteiger partial charge < -0.3 is 0 Å². The molecule has 2 atom stereocenters. The van der Waals surface area contributed by atoms with E-state index >= 15 is 0 Å². The molecule has 0 unspecified atom stereocenters. The second-order valence-corrected chi connectivity index (χ2v) is 6.30. The van der Waals surface area contributed by atoms with Crippen molar-refractivity contribution in [2.24, 2.45) is 0 Å². The van der Waals surface area contributed by atoms with Crippen LogP contribution in [0.4, 0.5) is 0 Å². The minimum absolute atomic E-state index is 0.00424. The highest BCUT2D eigenvalue weighted by atomic mass is 35.5. The molecule has 0 radical (unpaired) electrons. The molecule has 1 rings (SSSR count). The van der Waals surface area contributed by atoms with E-state index in [4.69, 9.17) is 23.2 Å². The molecule has 1 aliphatic rings. The van der Waals surface area contributed by atoms with Crippen LogP contribution in [-0.4, -0.2) is 30.2 Å². The van der Waals surface area contributed by atoms with Gasteiger partial charge in [-0.05, 0) is 6.92 Å². The van der Waals surface area contributed by atoms with Crippen LogP contribution in [0.3, 0.4) is 0 Å². The van der Waals surface area contributed by atoms with E-state index in [2.05, 4.69) is 0 Å². The predicted octanol–water partition coefficient (Wildman–Crippen LogP) is 1.02. The Hall–Kier alpha value is 0.530. The molecule has 0 aliphatic carbocycles. The van der Waals surface area contributed by atoms with E-state index in [1.165, 1.54) is 0 Å². The van der Waals surface area contributed by atoms with Gasteiger partial charge in [-0.2, -0.15) is 0 Å². The summed E-state index contributed by atoms with van der Waals surface area (Å²) in [5.74, 6) is 0.00424. The Kier molecular flexibility index (Phi) is 1.95. The van der Waals surface area contributed by atoms with E-state index in [9.17, 15) is 8.42 Å². The summed E-state index contributed by atoms with van der Waals surface area (Å²) in [6.45, 7) is 1.65. The molecule has 2 nitrogen and oxygen atoms in total. The largest absolute Gasteiger partial charge is 0.229 e. The van der Waals surface area contributed by atoms with Gasteiger partial charge in [0.05, 0.1) is 21.8 Å². The summed E-state index contributed by atoms with van der Waals surface area (Å²) in [6, 6.07) is 0. The molecule has 0 aromatic rings. The van der Waals surface area contributed by atoms with E-state index in [-0.39, 0.29) is 11.5 Å². The average Bonchev–Trinajstić information content (AvgIpc) is 1.73. The van der Waals surface area contributed by atoms with Crippen molar-refractivity contribution in [1.82, 2.24) is 0 Å². The van der Waals surface area contributed by atoms with Gasteiger partial charge in [-0.15, -0.1) is 23.2 Å². The van der Waals surface area contributed by atoms with E-state index in [0.717, 1.165) is 0 Å². The SMILES string of the molecule is C[C@]1(Cl)CS(=O)(=O)C[C@H]1Cl. The number of halogens is 2. The number of rotatable bonds is 0. The molecule has 60 valence electrons. The molecule has 0 aromatic heterocycles. The van der Waals surface area contributed by atoms with Crippen LogP contribution in [0.2, 0.25) is 0 Å². The van der Waals surface area contributed by atoms with Crippen molar-refractivity contribution in [2.75, 3.05) is 11.5 Å². The molecule has 1 heterocycles. The molecule has 1 fully saturated rings. The van der Waals surface area contributed by atoms with Gasteiger partial charge in [-0.3, -0.25) is 0 Å². The Morgan fingerprint density at radius 1 is 1.60 bits per heavy atom. The minimum Gasteiger partial charge on any atom is -0.229 e. The van der Waals surface area contributed by atoms with Crippen LogP contribution in [0.1, 0.15) is 6.92 Å². The fourth-order valence-electron chi connectivity index (χ4n) is 0.976. The highest BCUT2D eigenvalue weighted by Gasteiger charge is 2.44. The Bertz CT molecular complexity index is 232. The Morgan fingerprint density at radius 3 is 2.20 bits per heavy atom. The van der Waals surface area contributed by atoms with Crippen molar-refractivity contribution < 1.29 is 8.42 Å². The van der Waals surface area contributed by atoms with E-state index < -0.39 is 20.1 Å². The highest BCUT2D eigenvalue weighted by Crippen LogP contribution is 2.33. The van der Waals surface area contributed by atoms with Crippen LogP contribution in [0.5, 0.6) is 0 Å². The van der Waals surface area contributed by atoms with Gasteiger partial charge in [0.25, 0.3) is 0 Å². The van der Waals surface area contributed by atoms with Gasteiger partial charge in [0, 0.05) is 0 Å². The first-order valence-corrected chi connectivity index (χ1v) is 5.50. The summed E-state index contributed by atoms with van der Waals surface area (Å²) >= 11 is 11.5. The third kappa shape index (κ3) is 1.57. The third-order valence-corrected chi connectivity index (χ3v) is 4.92. The zero-order chi connectivity index (χ0) is 7.99. The van der Waals surface area contributed by atoms with Crippen LogP contribution < -0.4 is 0 Å². The fourth-order valence-corrected chi connectivity index (χ4v) is 4.38. The Labute approximate surface area is 70.4 Å². The molecule has 0 bridgehead atoms. The quantitative estimate of drug-likeness (QED) is 0.551. The maximum atomic E-state index is 10.9. The van der Waals surface area contributed by atoms with Crippen molar-refractivity contribution in [3.63, 3.8) is 0 Å². The van der Waals surface area contributed by atoms with Crippen LogP contribution in [0.15, 0.2) is 0 Å². The Balaban J connectivity index is 2.92. The first kappa shape index (κ1) is 8.62. The topological polar surface area (TPSA) is 34.1 Å². The monoisotopic (exact) mass is 202 g/mol. The van der Waals surface area contributed by atoms with Gasteiger partial charge in [-0.25, -0.2) is 8.42 Å². The van der Waals surface area contributed by atoms with Crippen molar-refractivity contribution >= 4 is 33.0 Å². The van der Waals surface area contributed by atoms with Crippen molar-refractivity contribution in [2.45, 2.75) is 17.2 Å². The molecule has 0 amide bonds. The first-order chi connectivity index (χ1) is 4.33. The summed E-state index contributed by atoms with van der Waals surface area (Å²) in [4.78, 5) is -0.764. The molecule has 5 heteroatoms. The molecule has 0 aromatic carbocycles. The molecule has 1 saturated heterocycles. The van der Waals surface area contributed by atoms with Crippen molar-refractivity contribution in [1.29, 1.82) is 0 Å². The standard InChI is InChI=1S/C5H8Cl2O2S/c1-5(7)3-10(8,9)2-4(5)6/h4H,2-3H2,1H3/t4-,5+/m1/s1. The number of hydrogen-bond acceptors (Lipinski definition) is 2. The summed E-state index contributed by atoms with van der Waals surface area (Å²) in [5.41, 5.74) is 0. The van der Waals surface area contributed by atoms with Crippen LogP contribution in [-0.2, 0) is 9.84 Å². The van der Waals surface area contributed by atoms with Gasteiger partial charge in [0.2, 0.25) is 0 Å². The number of alkyl halides is 2. The third-order valence-electron chi connectivity index (χ3n) is 1.56. The molecule has 0 N–H and O–H groups in total. The lowest BCUT2D eigenvalue weighted by molar-refractivity contribution is 0.601. The molecular formula is C5H8Cl2O2S. The molecule has 10 heavy (non-hydrogen) atoms. The Morgan fingerprint density at radius 2 is 2.10 bits per heavy atom. The zero-order valence-corrected chi connectivity index (χ0v) is 7.80. The smallest absolute Gasteiger partial charge is 0.153 e. The molecule has 0 spiro atoms. The zero-order valence-electron chi connectivity index (χ0n) is 5.47. The summed E-state index contributed by atoms with van der Waals surface area (Å²) in [5, 5.41) is -0.445. The van der Waals surface area contributed by atoms with Gasteiger partial charge in [0.15, 0.2) is 9.84 Å². The number of hydrogen-bond donors (Lipinski definition) is 0. The van der Waals surface area contributed by atoms with Gasteiger partial charge in [-0.1, -0.05) is 0 Å². The summed E-state index contributed by atoms with van der Waals surface area (Å²) in [6.07, 6.45) is 0. The van der Waals surface area contributed by atoms with Crippen molar-refractivity contribution in [3.8, 4) is 0 Å². The van der Waals surface area contributed by atoms with Crippen LogP contribution in [0, 0.1) is 0 Å². The normalized spacial score (nSPS) is 45.7. The second kappa shape index (κ2) is 2.26. The van der Waals surface area contributed by atoms with E-state index in [1.807, 2.05) is 0 Å². The van der Waals surface area contributed by atoms with Crippen molar-refractivity contribution in [3.05, 3.63) is 0 Å². The molecular weight excluding hydrogens is 195 g/mol. The lowest BCUT2D eigenvalue weighted by Gasteiger charge is -2.15. The van der Waals surface area contributed by atoms with Crippen LogP contribution >= 0.6 is 23.2 Å². The number of sulfone groups is 1. The second-order valence-electron chi connectivity index (χ2n) is 2.80. The summed E-state index contributed by atoms with van der Waals surface area (Å²) < 4.78 is 21.8. The highest BCUT2D eigenvalue weighted by molar-refractivity contribution is 7.92. The maximum absolute atomic E-state index is 10.9. The molecule has 0 saturated carbocycles. The average molecular weight is 203 g/mol. The van der Waals surface area contributed by atoms with Crippen LogP contribution in [0.25, 0.3) is 0 Å². The lowest BCUT2D eigenvalue weighted by atomic mass is 10.1. The van der Waals surface area contributed by atoms with E-state index in [1.54, 1.807) is 6.92 Å². The maximum Gasteiger partial charge on any atom is 0.153 e.